The van der Waals surface area contributed by atoms with Gasteiger partial charge in [0.1, 0.15) is 24.4 Å². The fourth-order valence-electron chi connectivity index (χ4n) is 2.61. The zero-order valence-corrected chi connectivity index (χ0v) is 17.1. The van der Waals surface area contributed by atoms with Gasteiger partial charge in [0.25, 0.3) is 0 Å². The molecule has 0 aromatic rings. The molecule has 0 saturated carbocycles. The third-order valence-electron chi connectivity index (χ3n) is 4.29. The molecule has 0 aromatic heterocycles. The van der Waals surface area contributed by atoms with E-state index in [0.29, 0.717) is 39.5 Å². The Morgan fingerprint density at radius 2 is 1.62 bits per heavy atom. The van der Waals surface area contributed by atoms with Crippen molar-refractivity contribution in [3.05, 3.63) is 0 Å². The van der Waals surface area contributed by atoms with Crippen LogP contribution in [0.25, 0.3) is 0 Å². The van der Waals surface area contributed by atoms with Crippen molar-refractivity contribution < 1.29 is 48.9 Å². The number of rotatable bonds is 15. The van der Waals surface area contributed by atoms with Gasteiger partial charge in [-0.1, -0.05) is 6.92 Å². The van der Waals surface area contributed by atoms with Gasteiger partial charge < -0.3 is 49.4 Å². The average Bonchev–Trinajstić information content (AvgIpc) is 2.70. The molecule has 0 aromatic carbocycles. The molecule has 1 rings (SSSR count). The van der Waals surface area contributed by atoms with E-state index in [1.54, 1.807) is 0 Å². The number of aliphatic hydroxyl groups is 4. The summed E-state index contributed by atoms with van der Waals surface area (Å²) in [4.78, 5) is 11.3. The van der Waals surface area contributed by atoms with E-state index in [0.717, 1.165) is 0 Å². The fraction of sp³-hybridized carbons (Fsp3) is 0.944. The van der Waals surface area contributed by atoms with Gasteiger partial charge in [0.15, 0.2) is 6.29 Å². The van der Waals surface area contributed by atoms with E-state index in [1.165, 1.54) is 6.92 Å². The van der Waals surface area contributed by atoms with Crippen molar-refractivity contribution in [2.45, 2.75) is 57.0 Å². The van der Waals surface area contributed by atoms with Gasteiger partial charge >= 0.3 is 0 Å². The van der Waals surface area contributed by atoms with E-state index in [9.17, 15) is 25.2 Å². The predicted molar refractivity (Wildman–Crippen MR) is 100 cm³/mol. The highest BCUT2D eigenvalue weighted by atomic mass is 16.7. The quantitative estimate of drug-likeness (QED) is 0.182. The molecule has 1 aliphatic heterocycles. The summed E-state index contributed by atoms with van der Waals surface area (Å²) in [6.45, 7) is 4.76. The summed E-state index contributed by atoms with van der Waals surface area (Å²) in [5.74, 6) is -0.414. The zero-order chi connectivity index (χ0) is 21.6. The molecule has 0 spiro atoms. The molecular formula is C18H35NO10. The molecule has 5 N–H and O–H groups in total. The highest BCUT2D eigenvalue weighted by Crippen LogP contribution is 2.22. The summed E-state index contributed by atoms with van der Waals surface area (Å²) < 4.78 is 26.9. The third-order valence-corrected chi connectivity index (χ3v) is 4.29. The molecule has 11 nitrogen and oxygen atoms in total. The summed E-state index contributed by atoms with van der Waals surface area (Å²) in [5, 5.41) is 41.1. The van der Waals surface area contributed by atoms with Crippen molar-refractivity contribution in [2.75, 3.05) is 52.9 Å². The second-order valence-corrected chi connectivity index (χ2v) is 6.67. The lowest BCUT2D eigenvalue weighted by Gasteiger charge is -2.42. The Bertz CT molecular complexity index is 441. The van der Waals surface area contributed by atoms with E-state index in [-0.39, 0.29) is 13.2 Å². The van der Waals surface area contributed by atoms with Crippen molar-refractivity contribution in [3.63, 3.8) is 0 Å². The number of amides is 1. The molecule has 4 unspecified atom stereocenters. The van der Waals surface area contributed by atoms with Crippen LogP contribution < -0.4 is 5.32 Å². The Kier molecular flexibility index (Phi) is 13.5. The van der Waals surface area contributed by atoms with Crippen molar-refractivity contribution in [1.82, 2.24) is 5.32 Å². The van der Waals surface area contributed by atoms with Crippen LogP contribution in [0.2, 0.25) is 0 Å². The number of carbonyl (C=O) groups excluding carboxylic acids is 1. The molecule has 1 heterocycles. The standard InChI is InChI=1S/C18H35NO10/c1-3-13(22)11-27-7-6-25-4-5-26-8-9-28-18-15(19-12(2)21)17(24)16(23)14(10-20)29-18/h13-18,20,22-24H,3-11H2,1-2H3,(H,19,21)/t13?,14-,15-,16?,17?,18?/m1/s1. The Morgan fingerprint density at radius 3 is 2.17 bits per heavy atom. The molecule has 29 heavy (non-hydrogen) atoms. The molecule has 6 atom stereocenters. The molecule has 172 valence electrons. The number of carbonyl (C=O) groups is 1. The zero-order valence-electron chi connectivity index (χ0n) is 17.1. The molecule has 0 radical (unpaired) electrons. The van der Waals surface area contributed by atoms with Crippen molar-refractivity contribution >= 4 is 5.91 Å². The summed E-state index contributed by atoms with van der Waals surface area (Å²) in [7, 11) is 0. The molecule has 1 fully saturated rings. The molecule has 11 heteroatoms. The van der Waals surface area contributed by atoms with Gasteiger partial charge in [-0.25, -0.2) is 0 Å². The van der Waals surface area contributed by atoms with Crippen LogP contribution in [0.4, 0.5) is 0 Å². The number of hydrogen-bond donors (Lipinski definition) is 5. The molecule has 1 saturated heterocycles. The SMILES string of the molecule is CCC(O)COCCOCCOCCOC1O[C@H](CO)C(O)C(O)[C@H]1NC(C)=O. The largest absolute Gasteiger partial charge is 0.394 e. The van der Waals surface area contributed by atoms with Crippen molar-refractivity contribution in [3.8, 4) is 0 Å². The van der Waals surface area contributed by atoms with Gasteiger partial charge in [-0.15, -0.1) is 0 Å². The Labute approximate surface area is 170 Å². The molecule has 1 aliphatic rings. The normalized spacial score (nSPS) is 28.3. The van der Waals surface area contributed by atoms with Crippen LogP contribution in [0, 0.1) is 0 Å². The van der Waals surface area contributed by atoms with Crippen molar-refractivity contribution in [2.24, 2.45) is 0 Å². The minimum absolute atomic E-state index is 0.111. The first kappa shape index (κ1) is 26.1. The van der Waals surface area contributed by atoms with Gasteiger partial charge in [-0.2, -0.15) is 0 Å². The Balaban J connectivity index is 2.17. The summed E-state index contributed by atoms with van der Waals surface area (Å²) in [5.41, 5.74) is 0. The van der Waals surface area contributed by atoms with E-state index in [1.807, 2.05) is 6.92 Å². The van der Waals surface area contributed by atoms with Crippen LogP contribution >= 0.6 is 0 Å². The number of aliphatic hydroxyl groups excluding tert-OH is 4. The van der Waals surface area contributed by atoms with Crippen LogP contribution in [0.3, 0.4) is 0 Å². The number of hydrogen-bond acceptors (Lipinski definition) is 10. The van der Waals surface area contributed by atoms with E-state index in [4.69, 9.17) is 23.7 Å². The lowest BCUT2D eigenvalue weighted by Crippen LogP contribution is -2.64. The maximum absolute atomic E-state index is 11.3. The van der Waals surface area contributed by atoms with Gasteiger partial charge in [0, 0.05) is 6.92 Å². The van der Waals surface area contributed by atoms with Crippen LogP contribution in [0.1, 0.15) is 20.3 Å². The van der Waals surface area contributed by atoms with Gasteiger partial charge in [-0.05, 0) is 6.42 Å². The fourth-order valence-corrected chi connectivity index (χ4v) is 2.61. The summed E-state index contributed by atoms with van der Waals surface area (Å²) in [6.07, 6.45) is -4.55. The average molecular weight is 425 g/mol. The molecule has 0 aliphatic carbocycles. The topological polar surface area (TPSA) is 156 Å². The lowest BCUT2D eigenvalue weighted by molar-refractivity contribution is -0.272. The van der Waals surface area contributed by atoms with Crippen LogP contribution in [-0.2, 0) is 28.5 Å². The van der Waals surface area contributed by atoms with Crippen LogP contribution in [0.15, 0.2) is 0 Å². The first-order chi connectivity index (χ1) is 13.9. The van der Waals surface area contributed by atoms with Crippen molar-refractivity contribution in [1.29, 1.82) is 0 Å². The van der Waals surface area contributed by atoms with Crippen LogP contribution in [0.5, 0.6) is 0 Å². The number of nitrogens with one attached hydrogen (secondary N) is 1. The smallest absolute Gasteiger partial charge is 0.217 e. The maximum atomic E-state index is 11.3. The highest BCUT2D eigenvalue weighted by molar-refractivity contribution is 5.73. The van der Waals surface area contributed by atoms with Crippen LogP contribution in [-0.4, -0.2) is 116 Å². The highest BCUT2D eigenvalue weighted by Gasteiger charge is 2.45. The van der Waals surface area contributed by atoms with Gasteiger partial charge in [0.05, 0.1) is 59.0 Å². The first-order valence-corrected chi connectivity index (χ1v) is 9.83. The molecular weight excluding hydrogens is 390 g/mol. The lowest BCUT2D eigenvalue weighted by atomic mass is 9.97. The Morgan fingerprint density at radius 1 is 1.03 bits per heavy atom. The minimum Gasteiger partial charge on any atom is -0.394 e. The Hall–Kier alpha value is -0.890. The van der Waals surface area contributed by atoms with Gasteiger partial charge in [0.2, 0.25) is 5.91 Å². The predicted octanol–water partition coefficient (Wildman–Crippen LogP) is -2.23. The molecule has 0 bridgehead atoms. The first-order valence-electron chi connectivity index (χ1n) is 9.83. The second kappa shape index (κ2) is 15.0. The number of ether oxygens (including phenoxy) is 5. The summed E-state index contributed by atoms with van der Waals surface area (Å²) >= 11 is 0. The monoisotopic (exact) mass is 425 g/mol. The second-order valence-electron chi connectivity index (χ2n) is 6.67. The van der Waals surface area contributed by atoms with E-state index < -0.39 is 49.3 Å². The third kappa shape index (κ3) is 10.1. The minimum atomic E-state index is -1.35. The molecule has 1 amide bonds. The summed E-state index contributed by atoms with van der Waals surface area (Å²) in [6, 6.07) is -0.972. The van der Waals surface area contributed by atoms with E-state index in [2.05, 4.69) is 5.32 Å². The van der Waals surface area contributed by atoms with E-state index >= 15 is 0 Å². The van der Waals surface area contributed by atoms with Gasteiger partial charge in [-0.3, -0.25) is 4.79 Å². The maximum Gasteiger partial charge on any atom is 0.217 e.